The highest BCUT2D eigenvalue weighted by molar-refractivity contribution is 5.73. The molecule has 2 aromatic rings. The van der Waals surface area contributed by atoms with Crippen LogP contribution in [0.5, 0.6) is 0 Å². The van der Waals surface area contributed by atoms with E-state index >= 15 is 0 Å². The molecular formula is C14H17N3O3. The number of nitrogens with zero attached hydrogens (tertiary/aromatic N) is 3. The molecule has 0 spiro atoms. The maximum atomic E-state index is 11.0. The Balaban J connectivity index is 2.18. The number of carbonyl (C=O) groups is 1. The fraction of sp³-hybridized carbons (Fsp3) is 0.357. The normalized spacial score (nSPS) is 10.5. The molecule has 0 bridgehead atoms. The van der Waals surface area contributed by atoms with Gasteiger partial charge >= 0.3 is 5.97 Å². The zero-order valence-electron chi connectivity index (χ0n) is 11.5. The van der Waals surface area contributed by atoms with Crippen molar-refractivity contribution < 1.29 is 14.3 Å². The Morgan fingerprint density at radius 1 is 1.25 bits per heavy atom. The van der Waals surface area contributed by atoms with Gasteiger partial charge < -0.3 is 14.4 Å². The monoisotopic (exact) mass is 275 g/mol. The van der Waals surface area contributed by atoms with Crippen LogP contribution in [0.1, 0.15) is 24.3 Å². The lowest BCUT2D eigenvalue weighted by Gasteiger charge is -2.21. The van der Waals surface area contributed by atoms with E-state index in [1.54, 1.807) is 4.90 Å². The van der Waals surface area contributed by atoms with Crippen LogP contribution in [0.25, 0.3) is 0 Å². The minimum absolute atomic E-state index is 0.118. The maximum absolute atomic E-state index is 11.0. The number of anilines is 1. The van der Waals surface area contributed by atoms with Crippen LogP contribution in [-0.4, -0.2) is 27.8 Å². The summed E-state index contributed by atoms with van der Waals surface area (Å²) in [4.78, 5) is 12.7. The van der Waals surface area contributed by atoms with Gasteiger partial charge in [0.25, 0.3) is 0 Å². The van der Waals surface area contributed by atoms with Crippen molar-refractivity contribution in [1.29, 1.82) is 0 Å². The van der Waals surface area contributed by atoms with Crippen LogP contribution in [-0.2, 0) is 17.8 Å². The highest BCUT2D eigenvalue weighted by Crippen LogP contribution is 2.17. The number of hydrogen-bond acceptors (Lipinski definition) is 5. The van der Waals surface area contributed by atoms with Crippen molar-refractivity contribution in [3.05, 3.63) is 41.6 Å². The van der Waals surface area contributed by atoms with Crippen molar-refractivity contribution in [2.45, 2.75) is 26.8 Å². The molecule has 106 valence electrons. The lowest BCUT2D eigenvalue weighted by Crippen LogP contribution is -2.29. The van der Waals surface area contributed by atoms with Crippen LogP contribution in [0.3, 0.4) is 0 Å². The number of rotatable bonds is 6. The number of hydrogen-bond donors (Lipinski definition) is 1. The van der Waals surface area contributed by atoms with Gasteiger partial charge in [-0.2, -0.15) is 0 Å². The lowest BCUT2D eigenvalue weighted by molar-refractivity contribution is -0.135. The molecular weight excluding hydrogens is 258 g/mol. The largest absolute Gasteiger partial charge is 0.480 e. The molecule has 0 fully saturated rings. The SMILES string of the molecule is CCc1nnc(CN(CC(=O)O)c2ccc(C)cc2)o1. The summed E-state index contributed by atoms with van der Waals surface area (Å²) >= 11 is 0. The highest BCUT2D eigenvalue weighted by Gasteiger charge is 2.15. The topological polar surface area (TPSA) is 79.5 Å². The molecule has 20 heavy (non-hydrogen) atoms. The third-order valence-electron chi connectivity index (χ3n) is 2.86. The van der Waals surface area contributed by atoms with Crippen molar-refractivity contribution >= 4 is 11.7 Å². The fourth-order valence-corrected chi connectivity index (χ4v) is 1.82. The van der Waals surface area contributed by atoms with Gasteiger partial charge in [-0.05, 0) is 19.1 Å². The summed E-state index contributed by atoms with van der Waals surface area (Å²) in [6, 6.07) is 7.65. The molecule has 6 heteroatoms. The summed E-state index contributed by atoms with van der Waals surface area (Å²) in [5, 5.41) is 16.8. The van der Waals surface area contributed by atoms with Crippen molar-refractivity contribution in [1.82, 2.24) is 10.2 Å². The van der Waals surface area contributed by atoms with Crippen molar-refractivity contribution in [3.8, 4) is 0 Å². The third-order valence-corrected chi connectivity index (χ3v) is 2.86. The second kappa shape index (κ2) is 6.18. The minimum Gasteiger partial charge on any atom is -0.480 e. The summed E-state index contributed by atoms with van der Waals surface area (Å²) in [6.45, 7) is 4.07. The summed E-state index contributed by atoms with van der Waals surface area (Å²) in [6.07, 6.45) is 0.663. The van der Waals surface area contributed by atoms with E-state index in [2.05, 4.69) is 10.2 Å². The van der Waals surface area contributed by atoms with E-state index in [1.807, 2.05) is 38.1 Å². The van der Waals surface area contributed by atoms with Crippen LogP contribution in [0, 0.1) is 6.92 Å². The summed E-state index contributed by atoms with van der Waals surface area (Å²) < 4.78 is 5.43. The molecule has 0 aliphatic heterocycles. The van der Waals surface area contributed by atoms with Crippen molar-refractivity contribution in [2.75, 3.05) is 11.4 Å². The average Bonchev–Trinajstić information content (AvgIpc) is 2.86. The molecule has 1 heterocycles. The Labute approximate surface area is 117 Å². The number of aryl methyl sites for hydroxylation is 2. The fourth-order valence-electron chi connectivity index (χ4n) is 1.82. The summed E-state index contributed by atoms with van der Waals surface area (Å²) in [5.41, 5.74) is 1.93. The number of benzene rings is 1. The minimum atomic E-state index is -0.902. The third kappa shape index (κ3) is 3.57. The molecule has 2 rings (SSSR count). The molecule has 0 amide bonds. The molecule has 0 saturated carbocycles. The lowest BCUT2D eigenvalue weighted by atomic mass is 10.2. The van der Waals surface area contributed by atoms with Gasteiger partial charge in [-0.15, -0.1) is 10.2 Å². The first-order chi connectivity index (χ1) is 9.58. The molecule has 0 atom stereocenters. The first-order valence-electron chi connectivity index (χ1n) is 6.43. The van der Waals surface area contributed by atoms with Gasteiger partial charge in [-0.3, -0.25) is 4.79 Å². The molecule has 0 saturated heterocycles. The van der Waals surface area contributed by atoms with Gasteiger partial charge in [-0.25, -0.2) is 0 Å². The zero-order valence-corrected chi connectivity index (χ0v) is 11.5. The van der Waals surface area contributed by atoms with E-state index < -0.39 is 5.97 Å². The zero-order chi connectivity index (χ0) is 14.5. The molecule has 0 aliphatic rings. The molecule has 1 aromatic heterocycles. The van der Waals surface area contributed by atoms with Crippen LogP contribution in [0.4, 0.5) is 5.69 Å². The molecule has 1 aromatic carbocycles. The molecule has 0 aliphatic carbocycles. The standard InChI is InChI=1S/C14H17N3O3/c1-3-12-15-16-13(20-12)8-17(9-14(18)19)11-6-4-10(2)5-7-11/h4-7H,3,8-9H2,1-2H3,(H,18,19). The van der Waals surface area contributed by atoms with Crippen molar-refractivity contribution in [3.63, 3.8) is 0 Å². The summed E-state index contributed by atoms with van der Waals surface area (Å²) in [5.74, 6) is 0.0728. The van der Waals surface area contributed by atoms with E-state index in [0.717, 1.165) is 11.3 Å². The Bertz CT molecular complexity index is 578. The van der Waals surface area contributed by atoms with Crippen molar-refractivity contribution in [2.24, 2.45) is 0 Å². The van der Waals surface area contributed by atoms with Gasteiger partial charge in [0.2, 0.25) is 11.8 Å². The quantitative estimate of drug-likeness (QED) is 0.869. The molecule has 6 nitrogen and oxygen atoms in total. The van der Waals surface area contributed by atoms with Gasteiger partial charge in [0.15, 0.2) is 0 Å². The second-order valence-corrected chi connectivity index (χ2v) is 4.53. The van der Waals surface area contributed by atoms with E-state index in [1.165, 1.54) is 0 Å². The first kappa shape index (κ1) is 14.0. The van der Waals surface area contributed by atoms with Gasteiger partial charge in [0.05, 0.1) is 6.54 Å². The highest BCUT2D eigenvalue weighted by atomic mass is 16.4. The molecule has 0 radical (unpaired) electrons. The van der Waals surface area contributed by atoms with Crippen LogP contribution >= 0.6 is 0 Å². The second-order valence-electron chi connectivity index (χ2n) is 4.53. The number of aliphatic carboxylic acids is 1. The Morgan fingerprint density at radius 2 is 1.90 bits per heavy atom. The van der Waals surface area contributed by atoms with E-state index in [9.17, 15) is 4.79 Å². The predicted molar refractivity (Wildman–Crippen MR) is 73.5 cm³/mol. The Kier molecular flexibility index (Phi) is 4.34. The summed E-state index contributed by atoms with van der Waals surface area (Å²) in [7, 11) is 0. The maximum Gasteiger partial charge on any atom is 0.323 e. The van der Waals surface area contributed by atoms with Crippen LogP contribution < -0.4 is 4.90 Å². The predicted octanol–water partition coefficient (Wildman–Crippen LogP) is 2.03. The number of aromatic nitrogens is 2. The van der Waals surface area contributed by atoms with E-state index in [-0.39, 0.29) is 13.1 Å². The first-order valence-corrected chi connectivity index (χ1v) is 6.43. The molecule has 0 unspecified atom stereocenters. The van der Waals surface area contributed by atoms with Gasteiger partial charge in [-0.1, -0.05) is 24.6 Å². The van der Waals surface area contributed by atoms with Gasteiger partial charge in [0, 0.05) is 12.1 Å². The smallest absolute Gasteiger partial charge is 0.323 e. The number of carboxylic acids is 1. The number of carboxylic acid groups (broad SMARTS) is 1. The van der Waals surface area contributed by atoms with E-state index in [4.69, 9.17) is 9.52 Å². The average molecular weight is 275 g/mol. The van der Waals surface area contributed by atoms with E-state index in [0.29, 0.717) is 18.2 Å². The molecule has 1 N–H and O–H groups in total. The Morgan fingerprint density at radius 3 is 2.45 bits per heavy atom. The Hall–Kier alpha value is -2.37. The van der Waals surface area contributed by atoms with Gasteiger partial charge in [0.1, 0.15) is 6.54 Å². The van der Waals surface area contributed by atoms with Crippen LogP contribution in [0.15, 0.2) is 28.7 Å². The van der Waals surface area contributed by atoms with Crippen LogP contribution in [0.2, 0.25) is 0 Å².